The summed E-state index contributed by atoms with van der Waals surface area (Å²) in [6.07, 6.45) is 2.77. The van der Waals surface area contributed by atoms with Gasteiger partial charge in [-0.1, -0.05) is 18.2 Å². The first-order valence-electron chi connectivity index (χ1n) is 12.1. The molecule has 0 atom stereocenters. The summed E-state index contributed by atoms with van der Waals surface area (Å²) in [7, 11) is -3.50. The number of anilines is 1. The molecule has 0 radical (unpaired) electrons. The fraction of sp³-hybridized carbons (Fsp3) is 0.480. The van der Waals surface area contributed by atoms with Crippen LogP contribution >= 0.6 is 0 Å². The van der Waals surface area contributed by atoms with Crippen molar-refractivity contribution in [3.8, 4) is 5.75 Å². The molecule has 2 fully saturated rings. The van der Waals surface area contributed by atoms with Gasteiger partial charge in [0.25, 0.3) is 0 Å². The maximum Gasteiger partial charge on any atom is 0.243 e. The normalized spacial score (nSPS) is 19.6. The lowest BCUT2D eigenvalue weighted by Crippen LogP contribution is -2.48. The molecule has 5 rings (SSSR count). The SMILES string of the molecule is O=C(CN1CCN(Cc2ccc3c(c2)CCO3)CC1)Nc1cccc(S(=O)(=O)N2CCCC2)c1. The second-order valence-corrected chi connectivity index (χ2v) is 11.2. The molecule has 3 aliphatic rings. The van der Waals surface area contributed by atoms with Crippen LogP contribution in [0.25, 0.3) is 0 Å². The van der Waals surface area contributed by atoms with E-state index in [0.29, 0.717) is 25.3 Å². The largest absolute Gasteiger partial charge is 0.493 e. The van der Waals surface area contributed by atoms with E-state index < -0.39 is 10.0 Å². The number of fused-ring (bicyclic) bond motifs is 1. The van der Waals surface area contributed by atoms with E-state index in [4.69, 9.17) is 4.74 Å². The average Bonchev–Trinajstić information content (AvgIpc) is 3.53. The van der Waals surface area contributed by atoms with Gasteiger partial charge in [-0.2, -0.15) is 4.31 Å². The first-order valence-corrected chi connectivity index (χ1v) is 13.5. The van der Waals surface area contributed by atoms with Gasteiger partial charge >= 0.3 is 0 Å². The van der Waals surface area contributed by atoms with Gasteiger partial charge in [0.1, 0.15) is 5.75 Å². The predicted octanol–water partition coefficient (Wildman–Crippen LogP) is 2.16. The van der Waals surface area contributed by atoms with Crippen LogP contribution < -0.4 is 10.1 Å². The molecular weight excluding hydrogens is 452 g/mol. The van der Waals surface area contributed by atoms with Crippen LogP contribution in [0.3, 0.4) is 0 Å². The number of sulfonamides is 1. The Morgan fingerprint density at radius 3 is 2.50 bits per heavy atom. The van der Waals surface area contributed by atoms with Gasteiger partial charge in [0.15, 0.2) is 0 Å². The Morgan fingerprint density at radius 2 is 1.71 bits per heavy atom. The molecule has 34 heavy (non-hydrogen) atoms. The highest BCUT2D eigenvalue weighted by atomic mass is 32.2. The van der Waals surface area contributed by atoms with Crippen LogP contribution in [0.15, 0.2) is 47.4 Å². The Balaban J connectivity index is 1.11. The van der Waals surface area contributed by atoms with Gasteiger partial charge in [0.2, 0.25) is 15.9 Å². The van der Waals surface area contributed by atoms with Crippen molar-refractivity contribution in [1.29, 1.82) is 0 Å². The molecule has 182 valence electrons. The standard InChI is InChI=1S/C25H32N4O4S/c30-25(26-22-4-3-5-23(17-22)34(31,32)29-9-1-2-10-29)19-28-13-11-27(12-14-28)18-20-6-7-24-21(16-20)8-15-33-24/h3-7,16-17H,1-2,8-15,18-19H2,(H,26,30). The Morgan fingerprint density at radius 1 is 0.941 bits per heavy atom. The number of carbonyl (C=O) groups excluding carboxylic acids is 1. The van der Waals surface area contributed by atoms with Gasteiger partial charge in [-0.05, 0) is 48.2 Å². The van der Waals surface area contributed by atoms with Crippen LogP contribution in [0.4, 0.5) is 5.69 Å². The van der Waals surface area contributed by atoms with Crippen molar-refractivity contribution >= 4 is 21.6 Å². The van der Waals surface area contributed by atoms with Crippen LogP contribution in [-0.2, 0) is 27.8 Å². The number of ether oxygens (including phenoxy) is 1. The van der Waals surface area contributed by atoms with Crippen molar-refractivity contribution in [2.45, 2.75) is 30.7 Å². The molecule has 0 aromatic heterocycles. The molecule has 3 heterocycles. The van der Waals surface area contributed by atoms with Crippen molar-refractivity contribution in [2.75, 3.05) is 57.7 Å². The molecule has 1 amide bonds. The zero-order valence-electron chi connectivity index (χ0n) is 19.4. The molecule has 0 spiro atoms. The molecule has 1 N–H and O–H groups in total. The van der Waals surface area contributed by atoms with Gasteiger partial charge in [0.05, 0.1) is 18.0 Å². The van der Waals surface area contributed by atoms with Crippen LogP contribution in [0.1, 0.15) is 24.0 Å². The lowest BCUT2D eigenvalue weighted by Gasteiger charge is -2.34. The maximum absolute atomic E-state index is 12.8. The van der Waals surface area contributed by atoms with Gasteiger partial charge in [-0.3, -0.25) is 14.6 Å². The van der Waals surface area contributed by atoms with Crippen molar-refractivity contribution < 1.29 is 17.9 Å². The summed E-state index contributed by atoms with van der Waals surface area (Å²) in [4.78, 5) is 17.4. The monoisotopic (exact) mass is 484 g/mol. The summed E-state index contributed by atoms with van der Waals surface area (Å²) in [5.41, 5.74) is 3.12. The van der Waals surface area contributed by atoms with E-state index in [0.717, 1.165) is 64.3 Å². The van der Waals surface area contributed by atoms with E-state index in [1.54, 1.807) is 24.3 Å². The smallest absolute Gasteiger partial charge is 0.243 e. The molecule has 0 unspecified atom stereocenters. The number of nitrogens with one attached hydrogen (secondary N) is 1. The number of nitrogens with zero attached hydrogens (tertiary/aromatic N) is 3. The Kier molecular flexibility index (Phi) is 6.87. The second kappa shape index (κ2) is 10.0. The summed E-state index contributed by atoms with van der Waals surface area (Å²) in [6.45, 7) is 6.57. The van der Waals surface area contributed by atoms with Crippen molar-refractivity contribution in [1.82, 2.24) is 14.1 Å². The summed E-state index contributed by atoms with van der Waals surface area (Å²) in [6, 6.07) is 13.0. The van der Waals surface area contributed by atoms with E-state index in [2.05, 4.69) is 33.3 Å². The zero-order valence-corrected chi connectivity index (χ0v) is 20.2. The van der Waals surface area contributed by atoms with E-state index in [-0.39, 0.29) is 10.8 Å². The van der Waals surface area contributed by atoms with Crippen molar-refractivity contribution in [3.05, 3.63) is 53.6 Å². The highest BCUT2D eigenvalue weighted by molar-refractivity contribution is 7.89. The minimum Gasteiger partial charge on any atom is -0.493 e. The summed E-state index contributed by atoms with van der Waals surface area (Å²) < 4.78 is 32.7. The Bertz CT molecular complexity index is 1140. The third-order valence-electron chi connectivity index (χ3n) is 6.81. The number of hydrogen-bond donors (Lipinski definition) is 1. The number of amides is 1. The first kappa shape index (κ1) is 23.3. The summed E-state index contributed by atoms with van der Waals surface area (Å²) in [5, 5.41) is 2.88. The summed E-state index contributed by atoms with van der Waals surface area (Å²) >= 11 is 0. The molecule has 0 saturated carbocycles. The van der Waals surface area contributed by atoms with Crippen LogP contribution in [0.5, 0.6) is 5.75 Å². The van der Waals surface area contributed by atoms with Crippen LogP contribution in [-0.4, -0.2) is 80.9 Å². The number of benzene rings is 2. The molecule has 9 heteroatoms. The highest BCUT2D eigenvalue weighted by Gasteiger charge is 2.27. The van der Waals surface area contributed by atoms with Gasteiger partial charge < -0.3 is 10.1 Å². The number of carbonyl (C=O) groups is 1. The summed E-state index contributed by atoms with van der Waals surface area (Å²) in [5.74, 6) is 0.890. The van der Waals surface area contributed by atoms with E-state index in [9.17, 15) is 13.2 Å². The lowest BCUT2D eigenvalue weighted by molar-refractivity contribution is -0.117. The Labute approximate surface area is 201 Å². The molecule has 2 aromatic carbocycles. The van der Waals surface area contributed by atoms with Gasteiger partial charge in [-0.15, -0.1) is 0 Å². The van der Waals surface area contributed by atoms with Gasteiger partial charge in [-0.25, -0.2) is 8.42 Å². The fourth-order valence-electron chi connectivity index (χ4n) is 4.92. The fourth-order valence-corrected chi connectivity index (χ4v) is 6.48. The Hall–Kier alpha value is -2.46. The maximum atomic E-state index is 12.8. The molecule has 2 saturated heterocycles. The van der Waals surface area contributed by atoms with E-state index >= 15 is 0 Å². The number of piperazine rings is 1. The van der Waals surface area contributed by atoms with E-state index in [1.165, 1.54) is 15.4 Å². The molecule has 0 bridgehead atoms. The molecule has 2 aromatic rings. The predicted molar refractivity (Wildman–Crippen MR) is 130 cm³/mol. The molecule has 3 aliphatic heterocycles. The minimum atomic E-state index is -3.50. The van der Waals surface area contributed by atoms with Gasteiger partial charge in [0, 0.05) is 57.9 Å². The highest BCUT2D eigenvalue weighted by Crippen LogP contribution is 2.26. The van der Waals surface area contributed by atoms with Crippen LogP contribution in [0, 0.1) is 0 Å². The average molecular weight is 485 g/mol. The number of hydrogen-bond acceptors (Lipinski definition) is 6. The zero-order chi connectivity index (χ0) is 23.5. The molecule has 0 aliphatic carbocycles. The number of rotatable bonds is 7. The van der Waals surface area contributed by atoms with Crippen molar-refractivity contribution in [2.24, 2.45) is 0 Å². The first-order chi connectivity index (χ1) is 16.5. The lowest BCUT2D eigenvalue weighted by atomic mass is 10.1. The quantitative estimate of drug-likeness (QED) is 0.649. The minimum absolute atomic E-state index is 0.122. The second-order valence-electron chi connectivity index (χ2n) is 9.28. The third kappa shape index (κ3) is 5.27. The molecule has 8 nitrogen and oxygen atoms in total. The third-order valence-corrected chi connectivity index (χ3v) is 8.71. The topological polar surface area (TPSA) is 82.2 Å². The van der Waals surface area contributed by atoms with Crippen LogP contribution in [0.2, 0.25) is 0 Å². The van der Waals surface area contributed by atoms with Crippen molar-refractivity contribution in [3.63, 3.8) is 0 Å². The van der Waals surface area contributed by atoms with E-state index in [1.807, 2.05) is 0 Å². The molecular formula is C25H32N4O4S.